The molecule has 70 valence electrons. The molecule has 12 heavy (non-hydrogen) atoms. The number of ether oxygens (including phenoxy) is 1. The van der Waals surface area contributed by atoms with Crippen molar-refractivity contribution in [1.29, 1.82) is 0 Å². The summed E-state index contributed by atoms with van der Waals surface area (Å²) in [4.78, 5) is 11.4. The zero-order valence-corrected chi connectivity index (χ0v) is 10.3. The molecule has 4 heteroatoms. The van der Waals surface area contributed by atoms with Gasteiger partial charge >= 0.3 is 5.97 Å². The predicted molar refractivity (Wildman–Crippen MR) is 56.9 cm³/mol. The molecule has 0 rings (SSSR count). The van der Waals surface area contributed by atoms with Crippen molar-refractivity contribution in [2.24, 2.45) is 0 Å². The largest absolute Gasteiger partial charge is 0.466 e. The van der Waals surface area contributed by atoms with Crippen LogP contribution in [0, 0.1) is 0 Å². The van der Waals surface area contributed by atoms with Gasteiger partial charge in [-0.2, -0.15) is 0 Å². The van der Waals surface area contributed by atoms with Gasteiger partial charge in [-0.15, -0.1) is 0 Å². The van der Waals surface area contributed by atoms with E-state index >= 15 is 0 Å². The van der Waals surface area contributed by atoms with E-state index in [0.717, 1.165) is 6.42 Å². The van der Waals surface area contributed by atoms with Crippen molar-refractivity contribution in [2.45, 2.75) is 23.0 Å². The summed E-state index contributed by atoms with van der Waals surface area (Å²) in [6.07, 6.45) is 4.04. The molecule has 2 atom stereocenters. The zero-order chi connectivity index (χ0) is 9.56. The van der Waals surface area contributed by atoms with Gasteiger partial charge in [0.2, 0.25) is 0 Å². The Hall–Kier alpha value is 0.170. The fraction of sp³-hybridized carbons (Fsp3) is 0.625. The SMILES string of the molecule is COC(=O)C=CCC(Br)C(C)Br. The number of halogens is 2. The van der Waals surface area contributed by atoms with Gasteiger partial charge in [0, 0.05) is 15.7 Å². The van der Waals surface area contributed by atoms with Crippen LogP contribution >= 0.6 is 31.9 Å². The second-order valence-corrected chi connectivity index (χ2v) is 4.98. The molecule has 0 aromatic carbocycles. The van der Waals surface area contributed by atoms with Crippen molar-refractivity contribution < 1.29 is 9.53 Å². The monoisotopic (exact) mass is 298 g/mol. The van der Waals surface area contributed by atoms with E-state index in [9.17, 15) is 4.79 Å². The van der Waals surface area contributed by atoms with Crippen LogP contribution in [0.5, 0.6) is 0 Å². The highest BCUT2D eigenvalue weighted by Gasteiger charge is 2.07. The molecule has 0 amide bonds. The number of hydrogen-bond acceptors (Lipinski definition) is 2. The smallest absolute Gasteiger partial charge is 0.330 e. The first-order valence-electron chi connectivity index (χ1n) is 3.60. The summed E-state index contributed by atoms with van der Waals surface area (Å²) in [5.41, 5.74) is 0. The van der Waals surface area contributed by atoms with Gasteiger partial charge in [-0.3, -0.25) is 0 Å². The minimum absolute atomic E-state index is 0.308. The summed E-state index contributed by atoms with van der Waals surface area (Å²) >= 11 is 6.89. The minimum Gasteiger partial charge on any atom is -0.466 e. The summed E-state index contributed by atoms with van der Waals surface area (Å²) < 4.78 is 4.44. The lowest BCUT2D eigenvalue weighted by atomic mass is 10.2. The molecule has 0 bridgehead atoms. The van der Waals surface area contributed by atoms with Crippen LogP contribution in [-0.4, -0.2) is 22.7 Å². The van der Waals surface area contributed by atoms with Crippen LogP contribution in [0.3, 0.4) is 0 Å². The lowest BCUT2D eigenvalue weighted by Crippen LogP contribution is -2.08. The number of alkyl halides is 2. The Morgan fingerprint density at radius 1 is 1.58 bits per heavy atom. The Labute approximate surface area is 89.6 Å². The third kappa shape index (κ3) is 5.77. The van der Waals surface area contributed by atoms with Gasteiger partial charge in [0.25, 0.3) is 0 Å². The van der Waals surface area contributed by atoms with E-state index in [1.54, 1.807) is 6.08 Å². The molecule has 0 radical (unpaired) electrons. The van der Waals surface area contributed by atoms with E-state index in [2.05, 4.69) is 36.6 Å². The molecular formula is C8H12Br2O2. The average molecular weight is 300 g/mol. The molecule has 0 spiro atoms. The van der Waals surface area contributed by atoms with Gasteiger partial charge in [-0.1, -0.05) is 44.9 Å². The first-order chi connectivity index (χ1) is 5.57. The standard InChI is InChI=1S/C8H12Br2O2/c1-6(9)7(10)4-3-5-8(11)12-2/h3,5-7H,4H2,1-2H3. The molecule has 0 aromatic heterocycles. The fourth-order valence-electron chi connectivity index (χ4n) is 0.550. The van der Waals surface area contributed by atoms with Crippen molar-refractivity contribution in [2.75, 3.05) is 7.11 Å². The fourth-order valence-corrected chi connectivity index (χ4v) is 0.981. The van der Waals surface area contributed by atoms with Crippen molar-refractivity contribution in [3.8, 4) is 0 Å². The van der Waals surface area contributed by atoms with E-state index in [1.807, 2.05) is 6.92 Å². The normalized spacial score (nSPS) is 16.0. The van der Waals surface area contributed by atoms with Gasteiger partial charge in [0.1, 0.15) is 0 Å². The van der Waals surface area contributed by atoms with Crippen LogP contribution < -0.4 is 0 Å². The molecule has 0 aliphatic carbocycles. The van der Waals surface area contributed by atoms with Crippen molar-refractivity contribution >= 4 is 37.8 Å². The Bertz CT molecular complexity index is 166. The Morgan fingerprint density at radius 2 is 2.17 bits per heavy atom. The maximum Gasteiger partial charge on any atom is 0.330 e. The third-order valence-electron chi connectivity index (χ3n) is 1.31. The molecule has 0 saturated heterocycles. The van der Waals surface area contributed by atoms with Gasteiger partial charge in [0.05, 0.1) is 7.11 Å². The van der Waals surface area contributed by atoms with Gasteiger partial charge in [-0.05, 0) is 6.42 Å². The van der Waals surface area contributed by atoms with Crippen LogP contribution in [0.25, 0.3) is 0 Å². The molecule has 0 fully saturated rings. The number of rotatable bonds is 4. The molecule has 0 heterocycles. The lowest BCUT2D eigenvalue weighted by Gasteiger charge is -2.07. The Balaban J connectivity index is 3.67. The number of hydrogen-bond donors (Lipinski definition) is 0. The summed E-state index contributed by atoms with van der Waals surface area (Å²) in [5.74, 6) is -0.308. The molecule has 0 aliphatic rings. The zero-order valence-electron chi connectivity index (χ0n) is 7.09. The van der Waals surface area contributed by atoms with Gasteiger partial charge < -0.3 is 4.74 Å². The van der Waals surface area contributed by atoms with Gasteiger partial charge in [0.15, 0.2) is 0 Å². The van der Waals surface area contributed by atoms with Crippen LogP contribution in [0.2, 0.25) is 0 Å². The second-order valence-electron chi connectivity index (χ2n) is 2.35. The number of esters is 1. The van der Waals surface area contributed by atoms with Crippen LogP contribution in [0.4, 0.5) is 0 Å². The minimum atomic E-state index is -0.308. The predicted octanol–water partition coefficient (Wildman–Crippen LogP) is 2.65. The molecule has 2 nitrogen and oxygen atoms in total. The highest BCUT2D eigenvalue weighted by molar-refractivity contribution is 9.12. The number of carbonyl (C=O) groups is 1. The summed E-state index contributed by atoms with van der Waals surface area (Å²) in [6.45, 7) is 2.05. The molecule has 0 aromatic rings. The summed E-state index contributed by atoms with van der Waals surface area (Å²) in [6, 6.07) is 0. The molecule has 0 aliphatic heterocycles. The first kappa shape index (κ1) is 12.2. The first-order valence-corrected chi connectivity index (χ1v) is 5.43. The third-order valence-corrected chi connectivity index (χ3v) is 3.83. The number of carbonyl (C=O) groups excluding carboxylic acids is 1. The number of allylic oxidation sites excluding steroid dienone is 1. The summed E-state index contributed by atoms with van der Waals surface area (Å²) in [5, 5.41) is 0. The molecule has 0 saturated carbocycles. The van der Waals surface area contributed by atoms with Gasteiger partial charge in [-0.25, -0.2) is 4.79 Å². The van der Waals surface area contributed by atoms with E-state index in [1.165, 1.54) is 13.2 Å². The Kier molecular flexibility index (Phi) is 6.76. The van der Waals surface area contributed by atoms with E-state index in [4.69, 9.17) is 0 Å². The molecular weight excluding hydrogens is 288 g/mol. The van der Waals surface area contributed by atoms with Crippen LogP contribution in [-0.2, 0) is 9.53 Å². The quantitative estimate of drug-likeness (QED) is 0.453. The maximum atomic E-state index is 10.6. The second kappa shape index (κ2) is 6.66. The lowest BCUT2D eigenvalue weighted by molar-refractivity contribution is -0.134. The van der Waals surface area contributed by atoms with Crippen molar-refractivity contribution in [3.05, 3.63) is 12.2 Å². The molecule has 2 unspecified atom stereocenters. The summed E-state index contributed by atoms with van der Waals surface area (Å²) in [7, 11) is 1.37. The molecule has 0 N–H and O–H groups in total. The van der Waals surface area contributed by atoms with Crippen molar-refractivity contribution in [3.63, 3.8) is 0 Å². The van der Waals surface area contributed by atoms with E-state index in [0.29, 0.717) is 9.65 Å². The highest BCUT2D eigenvalue weighted by atomic mass is 79.9. The van der Waals surface area contributed by atoms with E-state index < -0.39 is 0 Å². The van der Waals surface area contributed by atoms with Crippen LogP contribution in [0.1, 0.15) is 13.3 Å². The van der Waals surface area contributed by atoms with E-state index in [-0.39, 0.29) is 5.97 Å². The Morgan fingerprint density at radius 3 is 2.58 bits per heavy atom. The maximum absolute atomic E-state index is 10.6. The topological polar surface area (TPSA) is 26.3 Å². The number of methoxy groups -OCH3 is 1. The van der Waals surface area contributed by atoms with Crippen LogP contribution in [0.15, 0.2) is 12.2 Å². The average Bonchev–Trinajstić information content (AvgIpc) is 2.03. The van der Waals surface area contributed by atoms with Crippen molar-refractivity contribution in [1.82, 2.24) is 0 Å². The highest BCUT2D eigenvalue weighted by Crippen LogP contribution is 2.17.